The average Bonchev–Trinajstić information content (AvgIpc) is 3.09. The Morgan fingerprint density at radius 3 is 2.35 bits per heavy atom. The van der Waals surface area contributed by atoms with Gasteiger partial charge in [0.1, 0.15) is 11.3 Å². The van der Waals surface area contributed by atoms with Gasteiger partial charge in [-0.1, -0.05) is 61.9 Å². The Kier molecular flexibility index (Phi) is 3.53. The molecule has 0 bridgehead atoms. The van der Waals surface area contributed by atoms with Crippen molar-refractivity contribution in [1.82, 2.24) is 0 Å². The van der Waals surface area contributed by atoms with Crippen molar-refractivity contribution in [3.8, 4) is 0 Å². The maximum Gasteiger partial charge on any atom is 0.135 e. The van der Waals surface area contributed by atoms with Gasteiger partial charge in [0.25, 0.3) is 0 Å². The molecule has 0 aliphatic heterocycles. The summed E-state index contributed by atoms with van der Waals surface area (Å²) in [4.78, 5) is 0. The van der Waals surface area contributed by atoms with Gasteiger partial charge >= 0.3 is 0 Å². The summed E-state index contributed by atoms with van der Waals surface area (Å²) in [6.07, 6.45) is 6.50. The fourth-order valence-electron chi connectivity index (χ4n) is 3.82. The maximum atomic E-state index is 6.02. The monoisotopic (exact) mass is 336 g/mol. The van der Waals surface area contributed by atoms with Gasteiger partial charge in [-0.15, -0.1) is 0 Å². The minimum absolute atomic E-state index is 0.930. The third-order valence-electron chi connectivity index (χ3n) is 5.14. The molecule has 0 unspecified atom stereocenters. The van der Waals surface area contributed by atoms with E-state index in [1.54, 1.807) is 0 Å². The van der Waals surface area contributed by atoms with Crippen molar-refractivity contribution in [2.45, 2.75) is 19.8 Å². The number of rotatable bonds is 3. The summed E-state index contributed by atoms with van der Waals surface area (Å²) in [6, 6.07) is 24.0. The standard InChI is InChI=1S/C25H20O/c1-2-3-4-9-20-16-24-22-11-10-19-14-17-7-5-6-8-18(17)15-23(19)21(22)12-13-25(24)26-20/h4-16H,2-3H2,1H3/b9-4+. The van der Waals surface area contributed by atoms with Crippen LogP contribution in [0.2, 0.25) is 0 Å². The largest absolute Gasteiger partial charge is 0.457 e. The maximum absolute atomic E-state index is 6.02. The van der Waals surface area contributed by atoms with Gasteiger partial charge in [0.05, 0.1) is 0 Å². The molecule has 5 aromatic rings. The molecule has 0 saturated carbocycles. The molecular formula is C25H20O. The summed E-state index contributed by atoms with van der Waals surface area (Å²) in [6.45, 7) is 2.19. The number of fused-ring (bicyclic) bond motifs is 6. The van der Waals surface area contributed by atoms with Crippen LogP contribution < -0.4 is 0 Å². The van der Waals surface area contributed by atoms with E-state index in [0.717, 1.165) is 24.2 Å². The molecule has 4 aromatic carbocycles. The highest BCUT2D eigenvalue weighted by Gasteiger charge is 2.09. The van der Waals surface area contributed by atoms with Crippen LogP contribution in [0, 0.1) is 0 Å². The first-order chi connectivity index (χ1) is 12.8. The minimum Gasteiger partial charge on any atom is -0.457 e. The van der Waals surface area contributed by atoms with Gasteiger partial charge in [0, 0.05) is 5.39 Å². The predicted molar refractivity (Wildman–Crippen MR) is 113 cm³/mol. The summed E-state index contributed by atoms with van der Waals surface area (Å²) in [7, 11) is 0. The number of hydrogen-bond acceptors (Lipinski definition) is 1. The summed E-state index contributed by atoms with van der Waals surface area (Å²) < 4.78 is 6.02. The fourth-order valence-corrected chi connectivity index (χ4v) is 3.82. The molecular weight excluding hydrogens is 316 g/mol. The van der Waals surface area contributed by atoms with E-state index >= 15 is 0 Å². The molecule has 26 heavy (non-hydrogen) atoms. The van der Waals surface area contributed by atoms with Crippen molar-refractivity contribution in [3.63, 3.8) is 0 Å². The van der Waals surface area contributed by atoms with Crippen molar-refractivity contribution in [3.05, 3.63) is 78.6 Å². The second-order valence-electron chi connectivity index (χ2n) is 6.90. The molecule has 0 saturated heterocycles. The first-order valence-electron chi connectivity index (χ1n) is 9.28. The molecule has 0 amide bonds. The van der Waals surface area contributed by atoms with E-state index in [1.165, 1.54) is 37.7 Å². The second-order valence-corrected chi connectivity index (χ2v) is 6.90. The van der Waals surface area contributed by atoms with Crippen molar-refractivity contribution >= 4 is 49.4 Å². The molecule has 126 valence electrons. The third kappa shape index (κ3) is 2.40. The molecule has 0 aliphatic carbocycles. The molecule has 0 spiro atoms. The van der Waals surface area contributed by atoms with E-state index < -0.39 is 0 Å². The molecule has 0 aliphatic rings. The Labute approximate surface area is 152 Å². The van der Waals surface area contributed by atoms with Gasteiger partial charge in [0.15, 0.2) is 0 Å². The van der Waals surface area contributed by atoms with Gasteiger partial charge < -0.3 is 4.42 Å². The first kappa shape index (κ1) is 15.2. The highest BCUT2D eigenvalue weighted by atomic mass is 16.3. The zero-order valence-electron chi connectivity index (χ0n) is 14.8. The van der Waals surface area contributed by atoms with E-state index in [-0.39, 0.29) is 0 Å². The summed E-state index contributed by atoms with van der Waals surface area (Å²) in [5.74, 6) is 0.930. The second kappa shape index (κ2) is 6.03. The Balaban J connectivity index is 1.78. The molecule has 0 N–H and O–H groups in total. The van der Waals surface area contributed by atoms with Gasteiger partial charge in [-0.3, -0.25) is 0 Å². The van der Waals surface area contributed by atoms with Crippen LogP contribution in [0.1, 0.15) is 25.5 Å². The molecule has 5 rings (SSSR count). The topological polar surface area (TPSA) is 13.1 Å². The zero-order valence-corrected chi connectivity index (χ0v) is 14.8. The Morgan fingerprint density at radius 2 is 1.50 bits per heavy atom. The van der Waals surface area contributed by atoms with Crippen LogP contribution in [0.3, 0.4) is 0 Å². The lowest BCUT2D eigenvalue weighted by atomic mass is 9.97. The van der Waals surface area contributed by atoms with Crippen LogP contribution in [0.4, 0.5) is 0 Å². The van der Waals surface area contributed by atoms with Crippen molar-refractivity contribution < 1.29 is 4.42 Å². The fraction of sp³-hybridized carbons (Fsp3) is 0.120. The van der Waals surface area contributed by atoms with Crippen LogP contribution in [0.15, 0.2) is 77.2 Å². The number of allylic oxidation sites excluding steroid dienone is 1. The van der Waals surface area contributed by atoms with E-state index in [9.17, 15) is 0 Å². The molecule has 1 aromatic heterocycles. The highest BCUT2D eigenvalue weighted by Crippen LogP contribution is 2.34. The SMILES string of the molecule is CCC/C=C/c1cc2c(ccc3c4cc5ccccc5cc4ccc23)o1. The number of hydrogen-bond donors (Lipinski definition) is 0. The lowest BCUT2D eigenvalue weighted by Gasteiger charge is -2.07. The zero-order chi connectivity index (χ0) is 17.5. The van der Waals surface area contributed by atoms with Crippen LogP contribution in [-0.4, -0.2) is 0 Å². The Morgan fingerprint density at radius 1 is 0.731 bits per heavy atom. The van der Waals surface area contributed by atoms with Crippen LogP contribution >= 0.6 is 0 Å². The van der Waals surface area contributed by atoms with Crippen molar-refractivity contribution in [2.75, 3.05) is 0 Å². The van der Waals surface area contributed by atoms with Crippen molar-refractivity contribution in [2.24, 2.45) is 0 Å². The lowest BCUT2D eigenvalue weighted by molar-refractivity contribution is 0.604. The van der Waals surface area contributed by atoms with E-state index in [2.05, 4.69) is 85.8 Å². The minimum atomic E-state index is 0.930. The first-order valence-corrected chi connectivity index (χ1v) is 9.28. The molecule has 0 atom stereocenters. The summed E-state index contributed by atoms with van der Waals surface area (Å²) in [5.41, 5.74) is 0.953. The number of unbranched alkanes of at least 4 members (excludes halogenated alkanes) is 1. The average molecular weight is 336 g/mol. The van der Waals surface area contributed by atoms with E-state index in [4.69, 9.17) is 4.42 Å². The van der Waals surface area contributed by atoms with Crippen LogP contribution in [0.25, 0.3) is 49.4 Å². The van der Waals surface area contributed by atoms with Crippen molar-refractivity contribution in [1.29, 1.82) is 0 Å². The van der Waals surface area contributed by atoms with Crippen LogP contribution in [0.5, 0.6) is 0 Å². The van der Waals surface area contributed by atoms with Crippen LogP contribution in [-0.2, 0) is 0 Å². The summed E-state index contributed by atoms with van der Waals surface area (Å²) >= 11 is 0. The number of furan rings is 1. The normalized spacial score (nSPS) is 12.2. The molecule has 1 heteroatoms. The molecule has 1 nitrogen and oxygen atoms in total. The van der Waals surface area contributed by atoms with Gasteiger partial charge in [-0.05, 0) is 69.1 Å². The number of benzene rings is 4. The molecule has 0 radical (unpaired) electrons. The quantitative estimate of drug-likeness (QED) is 0.243. The Hall–Kier alpha value is -3.06. The smallest absolute Gasteiger partial charge is 0.135 e. The van der Waals surface area contributed by atoms with Gasteiger partial charge in [0.2, 0.25) is 0 Å². The summed E-state index contributed by atoms with van der Waals surface area (Å²) in [5, 5.41) is 8.87. The molecule has 0 fully saturated rings. The van der Waals surface area contributed by atoms with Gasteiger partial charge in [-0.25, -0.2) is 0 Å². The Bertz CT molecular complexity index is 1290. The molecule has 1 heterocycles. The van der Waals surface area contributed by atoms with E-state index in [1.807, 2.05) is 0 Å². The predicted octanol–water partition coefficient (Wildman–Crippen LogP) is 7.71. The van der Waals surface area contributed by atoms with Gasteiger partial charge in [-0.2, -0.15) is 0 Å². The highest BCUT2D eigenvalue weighted by molar-refractivity contribution is 6.18. The third-order valence-corrected chi connectivity index (χ3v) is 5.14. The van der Waals surface area contributed by atoms with E-state index in [0.29, 0.717) is 0 Å². The lowest BCUT2D eigenvalue weighted by Crippen LogP contribution is -1.80.